The number of phenolic OH excluding ortho intramolecular Hbond substituents is 1. The summed E-state index contributed by atoms with van der Waals surface area (Å²) in [5.74, 6) is 2.35. The van der Waals surface area contributed by atoms with Crippen molar-refractivity contribution in [2.75, 3.05) is 0 Å². The van der Waals surface area contributed by atoms with E-state index in [1.54, 1.807) is 12.1 Å². The lowest BCUT2D eigenvalue weighted by Gasteiger charge is -2.63. The summed E-state index contributed by atoms with van der Waals surface area (Å²) in [4.78, 5) is 11.4. The Morgan fingerprint density at radius 3 is 2.09 bits per heavy atom. The zero-order valence-electron chi connectivity index (χ0n) is 12.8. The number of hydrogen-bond acceptors (Lipinski definition) is 3. The molecule has 3 nitrogen and oxygen atoms in total. The Labute approximate surface area is 131 Å². The average Bonchev–Trinajstić information content (AvgIpc) is 2.48. The van der Waals surface area contributed by atoms with Gasteiger partial charge in [0, 0.05) is 6.42 Å². The smallest absolute Gasteiger partial charge is 0.120 e. The van der Waals surface area contributed by atoms with Crippen molar-refractivity contribution in [2.24, 2.45) is 29.1 Å². The van der Waals surface area contributed by atoms with Gasteiger partial charge in [0.25, 0.3) is 0 Å². The topological polar surface area (TPSA) is 57.5 Å². The van der Waals surface area contributed by atoms with Gasteiger partial charge >= 0.3 is 0 Å². The van der Waals surface area contributed by atoms with Gasteiger partial charge < -0.3 is 15.0 Å². The summed E-state index contributed by atoms with van der Waals surface area (Å²) in [6, 6.07) is 7.46. The maximum atomic E-state index is 11.4. The van der Waals surface area contributed by atoms with Crippen molar-refractivity contribution in [3.05, 3.63) is 29.8 Å². The van der Waals surface area contributed by atoms with Crippen LogP contribution in [0, 0.1) is 29.1 Å². The van der Waals surface area contributed by atoms with Crippen LogP contribution >= 0.6 is 0 Å². The van der Waals surface area contributed by atoms with E-state index in [4.69, 9.17) is 0 Å². The van der Waals surface area contributed by atoms with Gasteiger partial charge in [0.1, 0.15) is 12.0 Å². The first-order chi connectivity index (χ1) is 10.6. The molecule has 1 aromatic rings. The maximum absolute atomic E-state index is 11.4. The monoisotopic (exact) mass is 300 g/mol. The molecule has 3 heteroatoms. The number of rotatable bonds is 4. The second-order valence-electron chi connectivity index (χ2n) is 7.79. The van der Waals surface area contributed by atoms with Crippen LogP contribution < -0.4 is 0 Å². The summed E-state index contributed by atoms with van der Waals surface area (Å²) in [6.07, 6.45) is 6.91. The number of carbonyl (C=O) groups excluding carboxylic acids is 1. The Hall–Kier alpha value is -1.35. The van der Waals surface area contributed by atoms with E-state index in [9.17, 15) is 15.0 Å². The zero-order valence-corrected chi connectivity index (χ0v) is 12.8. The van der Waals surface area contributed by atoms with Crippen LogP contribution in [0.25, 0.3) is 0 Å². The number of aliphatic hydroxyl groups excluding tert-OH is 1. The van der Waals surface area contributed by atoms with E-state index >= 15 is 0 Å². The second-order valence-corrected chi connectivity index (χ2v) is 7.79. The Morgan fingerprint density at radius 2 is 1.59 bits per heavy atom. The maximum Gasteiger partial charge on any atom is 0.120 e. The third-order valence-corrected chi connectivity index (χ3v) is 6.87. The average molecular weight is 300 g/mol. The Balaban J connectivity index is 1.66. The van der Waals surface area contributed by atoms with Crippen LogP contribution in [-0.2, 0) is 11.2 Å². The molecule has 0 aromatic heterocycles. The molecule has 0 spiro atoms. The lowest BCUT2D eigenvalue weighted by Crippen LogP contribution is -2.58. The molecule has 4 aliphatic rings. The minimum atomic E-state index is -0.101. The van der Waals surface area contributed by atoms with E-state index in [2.05, 4.69) is 0 Å². The highest BCUT2D eigenvalue weighted by molar-refractivity contribution is 5.52. The molecule has 0 aliphatic heterocycles. The van der Waals surface area contributed by atoms with E-state index in [0.29, 0.717) is 35.8 Å². The fourth-order valence-electron chi connectivity index (χ4n) is 5.90. The molecule has 118 valence electrons. The molecule has 0 atom stereocenters. The van der Waals surface area contributed by atoms with Crippen LogP contribution in [-0.4, -0.2) is 22.6 Å². The molecule has 4 aliphatic carbocycles. The summed E-state index contributed by atoms with van der Waals surface area (Å²) < 4.78 is 0. The van der Waals surface area contributed by atoms with Gasteiger partial charge in [0.2, 0.25) is 0 Å². The minimum absolute atomic E-state index is 0.0753. The van der Waals surface area contributed by atoms with Gasteiger partial charge in [0.05, 0.1) is 6.10 Å². The number of carbonyl (C=O) groups is 1. The first-order valence-corrected chi connectivity index (χ1v) is 8.52. The molecule has 2 N–H and O–H groups in total. The Kier molecular flexibility index (Phi) is 3.30. The van der Waals surface area contributed by atoms with Crippen molar-refractivity contribution in [3.8, 4) is 5.75 Å². The fraction of sp³-hybridized carbons (Fsp3) is 0.632. The lowest BCUT2D eigenvalue weighted by molar-refractivity contribution is -0.169. The molecule has 22 heavy (non-hydrogen) atoms. The number of aliphatic hydroxyl groups is 1. The van der Waals surface area contributed by atoms with Gasteiger partial charge in [-0.3, -0.25) is 0 Å². The van der Waals surface area contributed by atoms with Crippen LogP contribution in [0.5, 0.6) is 5.75 Å². The summed E-state index contributed by atoms with van der Waals surface area (Å²) in [6.45, 7) is 0. The predicted molar refractivity (Wildman–Crippen MR) is 83.4 cm³/mol. The largest absolute Gasteiger partial charge is 0.508 e. The molecule has 5 rings (SSSR count). The number of phenols is 1. The summed E-state index contributed by atoms with van der Waals surface area (Å²) in [5.41, 5.74) is 1.29. The zero-order chi connectivity index (χ0) is 15.3. The molecular weight excluding hydrogens is 276 g/mol. The van der Waals surface area contributed by atoms with E-state index in [0.717, 1.165) is 38.4 Å². The molecule has 0 heterocycles. The molecule has 4 saturated carbocycles. The third kappa shape index (κ3) is 2.02. The number of aromatic hydroxyl groups is 1. The van der Waals surface area contributed by atoms with Crippen molar-refractivity contribution in [3.63, 3.8) is 0 Å². The van der Waals surface area contributed by atoms with Crippen LogP contribution in [0.2, 0.25) is 0 Å². The van der Waals surface area contributed by atoms with Gasteiger partial charge in [-0.25, -0.2) is 0 Å². The third-order valence-electron chi connectivity index (χ3n) is 6.87. The standard InChI is InChI=1S/C19H24O3/c20-6-5-19(11-12-1-3-17(21)4-2-12)15-7-13-8-16(19)10-14(9-15)18(13)22/h1-4,6,13-16,18,21-22H,5,7-11H2. The van der Waals surface area contributed by atoms with Gasteiger partial charge in [-0.05, 0) is 78.9 Å². The van der Waals surface area contributed by atoms with Crippen LogP contribution in [0.4, 0.5) is 0 Å². The normalized spacial score (nSPS) is 42.5. The van der Waals surface area contributed by atoms with E-state index in [1.165, 1.54) is 5.56 Å². The summed E-state index contributed by atoms with van der Waals surface area (Å²) >= 11 is 0. The first-order valence-electron chi connectivity index (χ1n) is 8.52. The molecule has 0 saturated heterocycles. The van der Waals surface area contributed by atoms with Gasteiger partial charge in [-0.1, -0.05) is 12.1 Å². The van der Waals surface area contributed by atoms with Gasteiger partial charge in [-0.15, -0.1) is 0 Å². The second kappa shape index (κ2) is 5.09. The highest BCUT2D eigenvalue weighted by Crippen LogP contribution is 2.64. The van der Waals surface area contributed by atoms with Crippen LogP contribution in [0.3, 0.4) is 0 Å². The number of hydrogen-bond donors (Lipinski definition) is 2. The van der Waals surface area contributed by atoms with Gasteiger partial charge in [-0.2, -0.15) is 0 Å². The van der Waals surface area contributed by atoms with Crippen molar-refractivity contribution < 1.29 is 15.0 Å². The lowest BCUT2D eigenvalue weighted by atomic mass is 9.43. The minimum Gasteiger partial charge on any atom is -0.508 e. The molecular formula is C19H24O3. The quantitative estimate of drug-likeness (QED) is 0.841. The van der Waals surface area contributed by atoms with E-state index in [1.807, 2.05) is 12.1 Å². The Morgan fingerprint density at radius 1 is 1.05 bits per heavy atom. The van der Waals surface area contributed by atoms with Crippen LogP contribution in [0.1, 0.15) is 37.7 Å². The van der Waals surface area contributed by atoms with Gasteiger partial charge in [0.15, 0.2) is 0 Å². The van der Waals surface area contributed by atoms with Crippen LogP contribution in [0.15, 0.2) is 24.3 Å². The molecule has 4 bridgehead atoms. The van der Waals surface area contributed by atoms with Crippen molar-refractivity contribution in [2.45, 2.75) is 44.6 Å². The van der Waals surface area contributed by atoms with Crippen molar-refractivity contribution >= 4 is 6.29 Å². The predicted octanol–water partition coefficient (Wildman–Crippen LogP) is 2.94. The highest BCUT2D eigenvalue weighted by atomic mass is 16.3. The summed E-state index contributed by atoms with van der Waals surface area (Å²) in [5, 5.41) is 19.8. The van der Waals surface area contributed by atoms with E-state index < -0.39 is 0 Å². The number of benzene rings is 1. The Bertz CT molecular complexity index is 533. The highest BCUT2D eigenvalue weighted by Gasteiger charge is 2.59. The SMILES string of the molecule is O=CCC1(Cc2ccc(O)cc2)C2CC3CC1CC(C2)C3O. The number of aldehydes is 1. The molecule has 4 fully saturated rings. The van der Waals surface area contributed by atoms with E-state index in [-0.39, 0.29) is 11.5 Å². The van der Waals surface area contributed by atoms with Crippen molar-refractivity contribution in [1.82, 2.24) is 0 Å². The molecule has 1 aromatic carbocycles. The fourth-order valence-corrected chi connectivity index (χ4v) is 5.90. The summed E-state index contributed by atoms with van der Waals surface area (Å²) in [7, 11) is 0. The first kappa shape index (κ1) is 14.3. The molecule has 0 amide bonds. The van der Waals surface area contributed by atoms with Crippen molar-refractivity contribution in [1.29, 1.82) is 0 Å². The molecule has 0 radical (unpaired) electrons. The molecule has 0 unspecified atom stereocenters.